The minimum Gasteiger partial charge on any atom is -0.479 e. The van der Waals surface area contributed by atoms with E-state index in [1.54, 1.807) is 6.07 Å². The summed E-state index contributed by atoms with van der Waals surface area (Å²) in [6.07, 6.45) is 4.53. The summed E-state index contributed by atoms with van der Waals surface area (Å²) in [7, 11) is 0. The first-order valence-corrected chi connectivity index (χ1v) is 10.6. The summed E-state index contributed by atoms with van der Waals surface area (Å²) < 4.78 is 0. The van der Waals surface area contributed by atoms with E-state index in [2.05, 4.69) is 30.6 Å². The molecule has 1 aromatic carbocycles. The molecule has 0 bridgehead atoms. The largest absolute Gasteiger partial charge is 0.479 e. The molecule has 1 fully saturated rings. The smallest absolute Gasteiger partial charge is 0.340 e. The number of carboxylic acids is 1. The quantitative estimate of drug-likeness (QED) is 0.692. The number of carbonyl (C=O) groups is 1. The molecule has 2 rings (SSSR count). The average Bonchev–Trinajstić information content (AvgIpc) is 2.71. The maximum absolute atomic E-state index is 12.3. The van der Waals surface area contributed by atoms with E-state index in [0.29, 0.717) is 12.1 Å². The lowest BCUT2D eigenvalue weighted by Gasteiger charge is -2.38. The number of nitrogens with zero attached hydrogens (tertiary/aromatic N) is 1. The van der Waals surface area contributed by atoms with Crippen LogP contribution in [-0.2, 0) is 15.8 Å². The third-order valence-corrected chi connectivity index (χ3v) is 6.13. The first-order valence-electron chi connectivity index (χ1n) is 10.6. The van der Waals surface area contributed by atoms with Crippen LogP contribution in [0.2, 0.25) is 0 Å². The summed E-state index contributed by atoms with van der Waals surface area (Å²) >= 11 is 0. The van der Waals surface area contributed by atoms with Crippen LogP contribution < -0.4 is 0 Å². The van der Waals surface area contributed by atoms with Crippen LogP contribution in [-0.4, -0.2) is 40.7 Å². The van der Waals surface area contributed by atoms with Gasteiger partial charge in [0.2, 0.25) is 0 Å². The Morgan fingerprint density at radius 1 is 1.11 bits per heavy atom. The molecule has 1 saturated carbocycles. The molecular weight excluding hydrogens is 350 g/mol. The maximum Gasteiger partial charge on any atom is 0.340 e. The second-order valence-electron chi connectivity index (χ2n) is 8.34. The van der Waals surface area contributed by atoms with Gasteiger partial charge < -0.3 is 10.2 Å². The maximum atomic E-state index is 12.3. The number of aliphatic hydroxyl groups is 1. The van der Waals surface area contributed by atoms with Crippen molar-refractivity contribution < 1.29 is 15.0 Å². The van der Waals surface area contributed by atoms with E-state index in [4.69, 9.17) is 0 Å². The van der Waals surface area contributed by atoms with Gasteiger partial charge in [-0.05, 0) is 50.9 Å². The Bertz CT molecular complexity index is 721. The molecule has 0 radical (unpaired) electrons. The van der Waals surface area contributed by atoms with Crippen LogP contribution >= 0.6 is 0 Å². The molecule has 0 aromatic heterocycles. The van der Waals surface area contributed by atoms with Crippen LogP contribution in [0, 0.1) is 17.8 Å². The molecule has 28 heavy (non-hydrogen) atoms. The van der Waals surface area contributed by atoms with Gasteiger partial charge in [0.25, 0.3) is 0 Å². The zero-order valence-corrected chi connectivity index (χ0v) is 17.8. The molecule has 0 saturated heterocycles. The van der Waals surface area contributed by atoms with E-state index < -0.39 is 17.0 Å². The molecule has 154 valence electrons. The molecular formula is C24H35NO3. The number of rotatable bonds is 7. The van der Waals surface area contributed by atoms with Gasteiger partial charge in [-0.25, -0.2) is 4.79 Å². The summed E-state index contributed by atoms with van der Waals surface area (Å²) in [5.41, 5.74) is -1.12. The number of carboxylic acid groups (broad SMARTS) is 1. The highest BCUT2D eigenvalue weighted by Crippen LogP contribution is 2.43. The van der Waals surface area contributed by atoms with Crippen molar-refractivity contribution in [3.8, 4) is 11.8 Å². The Kier molecular flexibility index (Phi) is 7.69. The fraction of sp³-hybridized carbons (Fsp3) is 0.625. The molecule has 0 aliphatic heterocycles. The minimum atomic E-state index is -1.87. The van der Waals surface area contributed by atoms with Gasteiger partial charge in [-0.3, -0.25) is 4.90 Å². The van der Waals surface area contributed by atoms with Crippen molar-refractivity contribution >= 4 is 5.97 Å². The highest BCUT2D eigenvalue weighted by atomic mass is 16.4. The van der Waals surface area contributed by atoms with E-state index in [0.717, 1.165) is 50.8 Å². The first kappa shape index (κ1) is 22.5. The van der Waals surface area contributed by atoms with Crippen LogP contribution in [0.1, 0.15) is 70.9 Å². The summed E-state index contributed by atoms with van der Waals surface area (Å²) in [6.45, 7) is 10.8. The van der Waals surface area contributed by atoms with Gasteiger partial charge in [0.1, 0.15) is 0 Å². The molecule has 1 atom stereocenters. The van der Waals surface area contributed by atoms with Gasteiger partial charge in [0.05, 0.1) is 12.0 Å². The van der Waals surface area contributed by atoms with Crippen molar-refractivity contribution in [1.29, 1.82) is 0 Å². The number of aliphatic carboxylic acids is 1. The standard InChI is InChI=1S/C24H35NO3/c1-5-25(6-2)18-12-17-23(3,4)20-15-10-11-16-21(20)24(28,22(26)27)19-13-8-7-9-14-19/h10-11,15-16,19,28H,5-9,13-14,18H2,1-4H3,(H,26,27). The Labute approximate surface area is 170 Å². The predicted octanol–water partition coefficient (Wildman–Crippen LogP) is 4.16. The zero-order chi connectivity index (χ0) is 20.8. The molecule has 4 nitrogen and oxygen atoms in total. The van der Waals surface area contributed by atoms with Gasteiger partial charge >= 0.3 is 5.97 Å². The van der Waals surface area contributed by atoms with E-state index >= 15 is 0 Å². The lowest BCUT2D eigenvalue weighted by molar-refractivity contribution is -0.168. The second-order valence-corrected chi connectivity index (χ2v) is 8.34. The van der Waals surface area contributed by atoms with Crippen molar-refractivity contribution in [1.82, 2.24) is 4.90 Å². The molecule has 1 unspecified atom stereocenters. The van der Waals surface area contributed by atoms with Crippen molar-refractivity contribution in [2.45, 2.75) is 70.8 Å². The first-order chi connectivity index (χ1) is 13.3. The fourth-order valence-electron chi connectivity index (χ4n) is 4.28. The van der Waals surface area contributed by atoms with Crippen molar-refractivity contribution in [3.05, 3.63) is 35.4 Å². The van der Waals surface area contributed by atoms with Crippen molar-refractivity contribution in [2.75, 3.05) is 19.6 Å². The van der Waals surface area contributed by atoms with Crippen molar-refractivity contribution in [2.24, 2.45) is 5.92 Å². The number of benzene rings is 1. The van der Waals surface area contributed by atoms with Crippen molar-refractivity contribution in [3.63, 3.8) is 0 Å². The Hall–Kier alpha value is -1.83. The molecule has 2 N–H and O–H groups in total. The van der Waals surface area contributed by atoms with Crippen LogP contribution in [0.4, 0.5) is 0 Å². The Morgan fingerprint density at radius 2 is 1.68 bits per heavy atom. The Morgan fingerprint density at radius 3 is 2.21 bits per heavy atom. The van der Waals surface area contributed by atoms with Crippen LogP contribution in [0.15, 0.2) is 24.3 Å². The minimum absolute atomic E-state index is 0.265. The molecule has 1 aliphatic rings. The van der Waals surface area contributed by atoms with E-state index in [1.165, 1.54) is 0 Å². The molecule has 0 heterocycles. The Balaban J connectivity index is 2.44. The fourth-order valence-corrected chi connectivity index (χ4v) is 4.28. The lowest BCUT2D eigenvalue weighted by Crippen LogP contribution is -2.45. The molecule has 4 heteroatoms. The molecule has 1 aliphatic carbocycles. The number of hydrogen-bond donors (Lipinski definition) is 2. The SMILES string of the molecule is CCN(CC)CC#CC(C)(C)c1ccccc1C(O)(C(=O)O)C1CCCCC1. The second kappa shape index (κ2) is 9.58. The van der Waals surface area contributed by atoms with Gasteiger partial charge in [-0.15, -0.1) is 0 Å². The van der Waals surface area contributed by atoms with E-state index in [9.17, 15) is 15.0 Å². The predicted molar refractivity (Wildman–Crippen MR) is 113 cm³/mol. The third-order valence-electron chi connectivity index (χ3n) is 6.13. The zero-order valence-electron chi connectivity index (χ0n) is 17.8. The van der Waals surface area contributed by atoms with E-state index in [1.807, 2.05) is 32.0 Å². The van der Waals surface area contributed by atoms with Crippen LogP contribution in [0.25, 0.3) is 0 Å². The number of hydrogen-bond acceptors (Lipinski definition) is 3. The summed E-state index contributed by atoms with van der Waals surface area (Å²) in [5, 5.41) is 21.5. The molecule has 1 aromatic rings. The van der Waals surface area contributed by atoms with Gasteiger partial charge in [-0.2, -0.15) is 0 Å². The lowest BCUT2D eigenvalue weighted by atomic mass is 9.69. The summed E-state index contributed by atoms with van der Waals surface area (Å²) in [6, 6.07) is 7.40. The molecule has 0 spiro atoms. The monoisotopic (exact) mass is 385 g/mol. The normalized spacial score (nSPS) is 17.6. The van der Waals surface area contributed by atoms with Gasteiger partial charge in [-0.1, -0.05) is 69.2 Å². The van der Waals surface area contributed by atoms with E-state index in [-0.39, 0.29) is 5.92 Å². The highest BCUT2D eigenvalue weighted by molar-refractivity contribution is 5.80. The van der Waals surface area contributed by atoms with Crippen LogP contribution in [0.3, 0.4) is 0 Å². The third kappa shape index (κ3) is 4.77. The average molecular weight is 386 g/mol. The van der Waals surface area contributed by atoms with Gasteiger partial charge in [0, 0.05) is 5.92 Å². The summed E-state index contributed by atoms with van der Waals surface area (Å²) in [5.74, 6) is 5.17. The summed E-state index contributed by atoms with van der Waals surface area (Å²) in [4.78, 5) is 14.5. The van der Waals surface area contributed by atoms with Gasteiger partial charge in [0.15, 0.2) is 5.60 Å². The highest BCUT2D eigenvalue weighted by Gasteiger charge is 2.48. The molecule has 0 amide bonds. The topological polar surface area (TPSA) is 60.8 Å². The van der Waals surface area contributed by atoms with Crippen LogP contribution in [0.5, 0.6) is 0 Å².